The molecule has 1 N–H and O–H groups in total. The van der Waals surface area contributed by atoms with Gasteiger partial charge in [-0.25, -0.2) is 4.79 Å². The average Bonchev–Trinajstić information content (AvgIpc) is 2.93. The number of alkyl carbamates (subject to hydrolysis) is 1. The number of carbonyl (C=O) groups is 1. The molecule has 142 valence electrons. The second kappa shape index (κ2) is 6.60. The fourth-order valence-corrected chi connectivity index (χ4v) is 3.67. The van der Waals surface area contributed by atoms with Gasteiger partial charge in [0, 0.05) is 13.0 Å². The highest BCUT2D eigenvalue weighted by Crippen LogP contribution is 2.46. The molecule has 2 heterocycles. The van der Waals surface area contributed by atoms with Crippen LogP contribution in [0.3, 0.4) is 0 Å². The van der Waals surface area contributed by atoms with E-state index < -0.39 is 18.1 Å². The molecule has 1 aliphatic heterocycles. The summed E-state index contributed by atoms with van der Waals surface area (Å²) in [4.78, 5) is 12.5. The molecule has 3 rings (SSSR count). The molecule has 0 atom stereocenters. The summed E-state index contributed by atoms with van der Waals surface area (Å²) in [5, 5.41) is 13.5. The Bertz CT molecular complexity index is 798. The Labute approximate surface area is 152 Å². The SMILES string of the molecule is CCCNC(=O)OC1=C2Sc3nnc(C(F)(F)F)n3N=C2CC(C)(C)C1. The molecule has 0 spiro atoms. The van der Waals surface area contributed by atoms with E-state index in [2.05, 4.69) is 20.6 Å². The van der Waals surface area contributed by atoms with E-state index in [9.17, 15) is 18.0 Å². The highest BCUT2D eigenvalue weighted by atomic mass is 32.2. The van der Waals surface area contributed by atoms with Gasteiger partial charge >= 0.3 is 12.3 Å². The van der Waals surface area contributed by atoms with E-state index in [0.29, 0.717) is 40.4 Å². The number of amides is 1. The number of aromatic nitrogens is 3. The van der Waals surface area contributed by atoms with Gasteiger partial charge in [0.05, 0.1) is 10.6 Å². The molecule has 1 aromatic rings. The summed E-state index contributed by atoms with van der Waals surface area (Å²) in [5.74, 6) is -0.778. The minimum atomic E-state index is -4.65. The van der Waals surface area contributed by atoms with Crippen LogP contribution in [0.4, 0.5) is 18.0 Å². The van der Waals surface area contributed by atoms with Gasteiger partial charge in [-0.05, 0) is 30.0 Å². The second-order valence-electron chi connectivity index (χ2n) is 6.85. The molecule has 1 aromatic heterocycles. The third-order valence-electron chi connectivity index (χ3n) is 3.82. The summed E-state index contributed by atoms with van der Waals surface area (Å²) >= 11 is 0.986. The van der Waals surface area contributed by atoms with Gasteiger partial charge in [0.2, 0.25) is 5.16 Å². The van der Waals surface area contributed by atoms with Crippen LogP contribution in [0.2, 0.25) is 0 Å². The lowest BCUT2D eigenvalue weighted by molar-refractivity contribution is -0.147. The Morgan fingerprint density at radius 2 is 2.08 bits per heavy atom. The van der Waals surface area contributed by atoms with Gasteiger partial charge in [-0.1, -0.05) is 20.8 Å². The van der Waals surface area contributed by atoms with E-state index in [-0.39, 0.29) is 10.6 Å². The first-order valence-corrected chi connectivity index (χ1v) is 8.90. The van der Waals surface area contributed by atoms with E-state index in [1.807, 2.05) is 20.8 Å². The van der Waals surface area contributed by atoms with E-state index in [1.165, 1.54) is 0 Å². The molecule has 0 saturated heterocycles. The molecule has 11 heteroatoms. The van der Waals surface area contributed by atoms with Crippen LogP contribution in [-0.4, -0.2) is 33.2 Å². The van der Waals surface area contributed by atoms with Crippen LogP contribution in [-0.2, 0) is 10.9 Å². The average molecular weight is 389 g/mol. The van der Waals surface area contributed by atoms with E-state index >= 15 is 0 Å². The third kappa shape index (κ3) is 3.71. The van der Waals surface area contributed by atoms with Crippen molar-refractivity contribution in [2.75, 3.05) is 6.54 Å². The van der Waals surface area contributed by atoms with Gasteiger partial charge in [0.1, 0.15) is 5.76 Å². The maximum absolute atomic E-state index is 13.1. The number of allylic oxidation sites excluding steroid dienone is 2. The van der Waals surface area contributed by atoms with Crippen molar-refractivity contribution in [1.29, 1.82) is 0 Å². The predicted molar refractivity (Wildman–Crippen MR) is 88.5 cm³/mol. The quantitative estimate of drug-likeness (QED) is 0.851. The molecule has 0 unspecified atom stereocenters. The molecule has 0 bridgehead atoms. The number of ether oxygens (including phenoxy) is 1. The van der Waals surface area contributed by atoms with Gasteiger partial charge < -0.3 is 10.1 Å². The van der Waals surface area contributed by atoms with Gasteiger partial charge in [0.15, 0.2) is 0 Å². The summed E-state index contributed by atoms with van der Waals surface area (Å²) in [5.41, 5.74) is 0.120. The van der Waals surface area contributed by atoms with Crippen LogP contribution in [0.1, 0.15) is 45.9 Å². The highest BCUT2D eigenvalue weighted by molar-refractivity contribution is 8.04. The molecule has 1 aliphatic carbocycles. The Morgan fingerprint density at radius 3 is 2.73 bits per heavy atom. The van der Waals surface area contributed by atoms with Crippen molar-refractivity contribution in [1.82, 2.24) is 20.2 Å². The Balaban J connectivity index is 1.98. The van der Waals surface area contributed by atoms with Crippen LogP contribution in [0.15, 0.2) is 20.9 Å². The van der Waals surface area contributed by atoms with Crippen LogP contribution in [0, 0.1) is 5.41 Å². The molecule has 26 heavy (non-hydrogen) atoms. The summed E-state index contributed by atoms with van der Waals surface area (Å²) in [6, 6.07) is 0. The first-order chi connectivity index (χ1) is 12.1. The zero-order valence-corrected chi connectivity index (χ0v) is 15.3. The normalized spacial score (nSPS) is 18.8. The molecule has 2 aliphatic rings. The van der Waals surface area contributed by atoms with E-state index in [0.717, 1.165) is 18.2 Å². The zero-order chi connectivity index (χ0) is 19.1. The van der Waals surface area contributed by atoms with E-state index in [4.69, 9.17) is 4.74 Å². The van der Waals surface area contributed by atoms with Crippen LogP contribution in [0.5, 0.6) is 0 Å². The Kier molecular flexibility index (Phi) is 4.76. The molecule has 0 fully saturated rings. The van der Waals surface area contributed by atoms with Crippen molar-refractivity contribution in [3.05, 3.63) is 16.5 Å². The number of nitrogens with zero attached hydrogens (tertiary/aromatic N) is 4. The van der Waals surface area contributed by atoms with Crippen LogP contribution >= 0.6 is 11.8 Å². The number of carbonyl (C=O) groups excluding carboxylic acids is 1. The van der Waals surface area contributed by atoms with Gasteiger partial charge in [-0.3, -0.25) is 0 Å². The van der Waals surface area contributed by atoms with Crippen LogP contribution in [0.25, 0.3) is 0 Å². The van der Waals surface area contributed by atoms with E-state index in [1.54, 1.807) is 0 Å². The topological polar surface area (TPSA) is 81.4 Å². The van der Waals surface area contributed by atoms with Gasteiger partial charge in [0.25, 0.3) is 5.82 Å². The standard InChI is InChI=1S/C15H18F3N5O2S/c1-4-5-19-13(24)25-9-7-14(2,3)6-8-10(9)26-12-21-20-11(15(16,17)18)23(12)22-8/h4-7H2,1-3H3,(H,19,24). The monoisotopic (exact) mass is 389 g/mol. The number of halogens is 3. The fourth-order valence-electron chi connectivity index (χ4n) is 2.73. The second-order valence-corrected chi connectivity index (χ2v) is 7.83. The van der Waals surface area contributed by atoms with Crippen molar-refractivity contribution in [2.45, 2.75) is 51.4 Å². The molecule has 7 nitrogen and oxygen atoms in total. The van der Waals surface area contributed by atoms with Crippen molar-refractivity contribution < 1.29 is 22.7 Å². The molecular formula is C15H18F3N5O2S. The van der Waals surface area contributed by atoms with Crippen molar-refractivity contribution in [2.24, 2.45) is 10.5 Å². The maximum atomic E-state index is 13.1. The lowest BCUT2D eigenvalue weighted by atomic mass is 9.79. The number of alkyl halides is 3. The molecule has 0 saturated carbocycles. The third-order valence-corrected chi connectivity index (χ3v) is 4.92. The lowest BCUT2D eigenvalue weighted by Gasteiger charge is -2.34. The number of thioether (sulfide) groups is 1. The Morgan fingerprint density at radius 1 is 1.35 bits per heavy atom. The lowest BCUT2D eigenvalue weighted by Crippen LogP contribution is -2.32. The smallest absolute Gasteiger partial charge is 0.414 e. The van der Waals surface area contributed by atoms with Gasteiger partial charge in [-0.2, -0.15) is 22.9 Å². The summed E-state index contributed by atoms with van der Waals surface area (Å²) in [6.07, 6.45) is -3.56. The summed E-state index contributed by atoms with van der Waals surface area (Å²) in [6.45, 7) is 6.27. The van der Waals surface area contributed by atoms with Crippen LogP contribution < -0.4 is 5.32 Å². The maximum Gasteiger partial charge on any atom is 0.453 e. The summed E-state index contributed by atoms with van der Waals surface area (Å²) in [7, 11) is 0. The minimum absolute atomic E-state index is 0.00847. The largest absolute Gasteiger partial charge is 0.453 e. The predicted octanol–water partition coefficient (Wildman–Crippen LogP) is 3.77. The van der Waals surface area contributed by atoms with Crippen molar-refractivity contribution >= 4 is 23.6 Å². The van der Waals surface area contributed by atoms with Gasteiger partial charge in [-0.15, -0.1) is 10.2 Å². The minimum Gasteiger partial charge on any atom is -0.414 e. The number of hydrogen-bond acceptors (Lipinski definition) is 6. The number of hydrogen-bond donors (Lipinski definition) is 1. The van der Waals surface area contributed by atoms with Crippen molar-refractivity contribution in [3.63, 3.8) is 0 Å². The fraction of sp³-hybridized carbons (Fsp3) is 0.600. The number of rotatable bonds is 3. The van der Waals surface area contributed by atoms with Crippen molar-refractivity contribution in [3.8, 4) is 0 Å². The first-order valence-electron chi connectivity index (χ1n) is 8.08. The Hall–Kier alpha value is -2.04. The number of nitrogens with one attached hydrogen (secondary N) is 1. The summed E-state index contributed by atoms with van der Waals surface area (Å²) < 4.78 is 45.3. The zero-order valence-electron chi connectivity index (χ0n) is 14.5. The molecule has 0 aromatic carbocycles. The molecule has 1 amide bonds. The highest BCUT2D eigenvalue weighted by Gasteiger charge is 2.43. The molecule has 0 radical (unpaired) electrons. The number of fused-ring (bicyclic) bond motifs is 2. The first kappa shape index (κ1) is 18.7. The molecular weight excluding hydrogens is 371 g/mol.